The number of nitrogens with zero attached hydrogens (tertiary/aromatic N) is 1. The Morgan fingerprint density at radius 1 is 1.53 bits per heavy atom. The van der Waals surface area contributed by atoms with Crippen LogP contribution in [0.3, 0.4) is 0 Å². The van der Waals surface area contributed by atoms with Gasteiger partial charge in [-0.1, -0.05) is 0 Å². The Hall–Kier alpha value is -1.40. The number of aryl methyl sites for hydroxylation is 2. The third kappa shape index (κ3) is 2.54. The number of carbonyl (C=O) groups is 1. The van der Waals surface area contributed by atoms with E-state index < -0.39 is 18.1 Å². The number of aliphatic hydroxyl groups excluding tert-OH is 2. The first-order valence-corrected chi connectivity index (χ1v) is 4.59. The number of rotatable bonds is 4. The molecule has 1 rings (SSSR count). The van der Waals surface area contributed by atoms with E-state index in [1.165, 1.54) is 0 Å². The summed E-state index contributed by atoms with van der Waals surface area (Å²) in [6, 6.07) is 0. The van der Waals surface area contributed by atoms with Crippen molar-refractivity contribution in [2.75, 3.05) is 0 Å². The van der Waals surface area contributed by atoms with E-state index in [0.29, 0.717) is 17.0 Å². The lowest BCUT2D eigenvalue weighted by Crippen LogP contribution is -2.26. The van der Waals surface area contributed by atoms with Gasteiger partial charge in [0.2, 0.25) is 5.91 Å². The molecule has 1 aromatic heterocycles. The number of hydrogen-bond acceptors (Lipinski definition) is 4. The van der Waals surface area contributed by atoms with Crippen LogP contribution in [-0.2, 0) is 4.79 Å². The highest BCUT2D eigenvalue weighted by molar-refractivity contribution is 5.74. The first-order chi connectivity index (χ1) is 6.93. The van der Waals surface area contributed by atoms with Gasteiger partial charge in [-0.3, -0.25) is 9.89 Å². The van der Waals surface area contributed by atoms with Crippen LogP contribution in [0.4, 0.5) is 0 Å². The van der Waals surface area contributed by atoms with Crippen molar-refractivity contribution in [1.29, 1.82) is 0 Å². The van der Waals surface area contributed by atoms with Crippen molar-refractivity contribution in [3.05, 3.63) is 17.0 Å². The minimum absolute atomic E-state index is 0.273. The largest absolute Gasteiger partial charge is 0.390 e. The van der Waals surface area contributed by atoms with Crippen LogP contribution >= 0.6 is 0 Å². The zero-order valence-corrected chi connectivity index (χ0v) is 8.69. The van der Waals surface area contributed by atoms with Gasteiger partial charge in [0, 0.05) is 11.3 Å². The first-order valence-electron chi connectivity index (χ1n) is 4.59. The highest BCUT2D eigenvalue weighted by Crippen LogP contribution is 2.23. The van der Waals surface area contributed by atoms with Crippen molar-refractivity contribution in [2.24, 2.45) is 5.73 Å². The molecule has 0 aliphatic rings. The zero-order chi connectivity index (χ0) is 11.6. The minimum atomic E-state index is -1.20. The minimum Gasteiger partial charge on any atom is -0.390 e. The van der Waals surface area contributed by atoms with Gasteiger partial charge in [0.1, 0.15) is 6.10 Å². The SMILES string of the molecule is Cc1n[nH]c(C)c1C(O)C(O)CC(N)=O. The van der Waals surface area contributed by atoms with Crippen molar-refractivity contribution < 1.29 is 15.0 Å². The fourth-order valence-corrected chi connectivity index (χ4v) is 1.51. The Balaban J connectivity index is 2.84. The van der Waals surface area contributed by atoms with Gasteiger partial charge in [0.25, 0.3) is 0 Å². The summed E-state index contributed by atoms with van der Waals surface area (Å²) >= 11 is 0. The summed E-state index contributed by atoms with van der Waals surface area (Å²) < 4.78 is 0. The summed E-state index contributed by atoms with van der Waals surface area (Å²) in [5, 5.41) is 25.9. The number of nitrogens with one attached hydrogen (secondary N) is 1. The molecular weight excluding hydrogens is 198 g/mol. The van der Waals surface area contributed by atoms with Gasteiger partial charge in [0.15, 0.2) is 0 Å². The van der Waals surface area contributed by atoms with E-state index >= 15 is 0 Å². The molecule has 2 atom stereocenters. The van der Waals surface area contributed by atoms with Gasteiger partial charge >= 0.3 is 0 Å². The van der Waals surface area contributed by atoms with Crippen LogP contribution in [0.25, 0.3) is 0 Å². The summed E-state index contributed by atoms with van der Waals surface area (Å²) in [7, 11) is 0. The molecule has 0 spiro atoms. The molecule has 0 saturated carbocycles. The molecule has 2 unspecified atom stereocenters. The van der Waals surface area contributed by atoms with Crippen molar-refractivity contribution in [3.63, 3.8) is 0 Å². The maximum absolute atomic E-state index is 10.6. The van der Waals surface area contributed by atoms with Crippen LogP contribution in [0.1, 0.15) is 29.5 Å². The molecule has 6 heteroatoms. The van der Waals surface area contributed by atoms with Gasteiger partial charge in [0.05, 0.1) is 18.2 Å². The van der Waals surface area contributed by atoms with Crippen LogP contribution in [0, 0.1) is 13.8 Å². The first kappa shape index (κ1) is 11.7. The Bertz CT molecular complexity index is 342. The van der Waals surface area contributed by atoms with Gasteiger partial charge in [-0.2, -0.15) is 5.10 Å². The van der Waals surface area contributed by atoms with Gasteiger partial charge in [-0.25, -0.2) is 0 Å². The Morgan fingerprint density at radius 3 is 2.53 bits per heavy atom. The van der Waals surface area contributed by atoms with Crippen LogP contribution in [-0.4, -0.2) is 32.4 Å². The molecule has 6 nitrogen and oxygen atoms in total. The lowest BCUT2D eigenvalue weighted by molar-refractivity contribution is -0.121. The average Bonchev–Trinajstić information content (AvgIpc) is 2.44. The molecule has 0 aliphatic heterocycles. The van der Waals surface area contributed by atoms with E-state index in [1.54, 1.807) is 13.8 Å². The van der Waals surface area contributed by atoms with Crippen LogP contribution in [0.2, 0.25) is 0 Å². The van der Waals surface area contributed by atoms with E-state index in [-0.39, 0.29) is 6.42 Å². The van der Waals surface area contributed by atoms with E-state index in [9.17, 15) is 15.0 Å². The summed E-state index contributed by atoms with van der Waals surface area (Å²) in [5.41, 5.74) is 6.71. The number of aliphatic hydroxyl groups is 2. The molecule has 0 aromatic carbocycles. The monoisotopic (exact) mass is 213 g/mol. The molecule has 84 valence electrons. The van der Waals surface area contributed by atoms with Gasteiger partial charge in [-0.15, -0.1) is 0 Å². The second kappa shape index (κ2) is 4.41. The third-order valence-corrected chi connectivity index (χ3v) is 2.26. The summed E-state index contributed by atoms with van der Waals surface area (Å²) in [6.07, 6.45) is -2.61. The number of carbonyl (C=O) groups excluding carboxylic acids is 1. The number of amides is 1. The lowest BCUT2D eigenvalue weighted by Gasteiger charge is -2.16. The zero-order valence-electron chi connectivity index (χ0n) is 8.69. The standard InChI is InChI=1S/C9H15N3O3/c1-4-8(5(2)12-11-4)9(15)6(13)3-7(10)14/h6,9,13,15H,3H2,1-2H3,(H2,10,14)(H,11,12). The fraction of sp³-hybridized carbons (Fsp3) is 0.556. The summed E-state index contributed by atoms with van der Waals surface area (Å²) in [5.74, 6) is -0.652. The molecule has 1 amide bonds. The summed E-state index contributed by atoms with van der Waals surface area (Å²) in [4.78, 5) is 10.6. The number of hydrogen-bond donors (Lipinski definition) is 4. The summed E-state index contributed by atoms with van der Waals surface area (Å²) in [6.45, 7) is 3.44. The molecule has 1 heterocycles. The maximum Gasteiger partial charge on any atom is 0.220 e. The predicted molar refractivity (Wildman–Crippen MR) is 52.8 cm³/mol. The quantitative estimate of drug-likeness (QED) is 0.529. The van der Waals surface area contributed by atoms with Gasteiger partial charge < -0.3 is 15.9 Å². The predicted octanol–water partition coefficient (Wildman–Crippen LogP) is -0.704. The number of nitrogens with two attached hydrogens (primary N) is 1. The molecule has 1 aromatic rings. The van der Waals surface area contributed by atoms with Crippen molar-refractivity contribution in [1.82, 2.24) is 10.2 Å². The number of aromatic nitrogens is 2. The molecular formula is C9H15N3O3. The van der Waals surface area contributed by atoms with E-state index in [4.69, 9.17) is 5.73 Å². The molecule has 0 radical (unpaired) electrons. The second-order valence-electron chi connectivity index (χ2n) is 3.53. The van der Waals surface area contributed by atoms with E-state index in [0.717, 1.165) is 0 Å². The number of primary amides is 1. The van der Waals surface area contributed by atoms with E-state index in [2.05, 4.69) is 10.2 Å². The highest BCUT2D eigenvalue weighted by atomic mass is 16.3. The molecule has 5 N–H and O–H groups in total. The van der Waals surface area contributed by atoms with Crippen LogP contribution < -0.4 is 5.73 Å². The Morgan fingerprint density at radius 2 is 2.13 bits per heavy atom. The molecule has 0 aliphatic carbocycles. The fourth-order valence-electron chi connectivity index (χ4n) is 1.51. The maximum atomic E-state index is 10.6. The molecule has 0 fully saturated rings. The van der Waals surface area contributed by atoms with Crippen molar-refractivity contribution >= 4 is 5.91 Å². The normalized spacial score (nSPS) is 14.9. The third-order valence-electron chi connectivity index (χ3n) is 2.26. The van der Waals surface area contributed by atoms with Crippen LogP contribution in [0.5, 0.6) is 0 Å². The average molecular weight is 213 g/mol. The topological polar surface area (TPSA) is 112 Å². The van der Waals surface area contributed by atoms with Crippen molar-refractivity contribution in [2.45, 2.75) is 32.5 Å². The highest BCUT2D eigenvalue weighted by Gasteiger charge is 2.24. The van der Waals surface area contributed by atoms with Crippen LogP contribution in [0.15, 0.2) is 0 Å². The molecule has 15 heavy (non-hydrogen) atoms. The smallest absolute Gasteiger partial charge is 0.220 e. The Labute approximate surface area is 87.1 Å². The van der Waals surface area contributed by atoms with Gasteiger partial charge in [-0.05, 0) is 13.8 Å². The van der Waals surface area contributed by atoms with E-state index in [1.807, 2.05) is 0 Å². The lowest BCUT2D eigenvalue weighted by atomic mass is 10.0. The van der Waals surface area contributed by atoms with Crippen molar-refractivity contribution in [3.8, 4) is 0 Å². The number of H-pyrrole nitrogens is 1. The number of aromatic amines is 1. The molecule has 0 bridgehead atoms. The second-order valence-corrected chi connectivity index (χ2v) is 3.53. The molecule has 0 saturated heterocycles. The Kier molecular flexibility index (Phi) is 3.43.